The first kappa shape index (κ1) is 15.3. The van der Waals surface area contributed by atoms with Gasteiger partial charge in [0, 0.05) is 31.8 Å². The third kappa shape index (κ3) is 4.73. The van der Waals surface area contributed by atoms with Crippen LogP contribution in [0.4, 0.5) is 0 Å². The summed E-state index contributed by atoms with van der Waals surface area (Å²) in [7, 11) is 0. The lowest BCUT2D eigenvalue weighted by Crippen LogP contribution is -2.53. The van der Waals surface area contributed by atoms with Crippen LogP contribution in [-0.4, -0.2) is 48.3 Å². The highest BCUT2D eigenvalue weighted by atomic mass is 16.3. The van der Waals surface area contributed by atoms with Gasteiger partial charge < -0.3 is 10.4 Å². The summed E-state index contributed by atoms with van der Waals surface area (Å²) < 4.78 is 0. The summed E-state index contributed by atoms with van der Waals surface area (Å²) in [4.78, 5) is 2.73. The Bertz CT molecular complexity index is 241. The van der Waals surface area contributed by atoms with Crippen molar-refractivity contribution in [3.05, 3.63) is 0 Å². The van der Waals surface area contributed by atoms with E-state index in [9.17, 15) is 5.11 Å². The Morgan fingerprint density at radius 3 is 2.63 bits per heavy atom. The first-order chi connectivity index (χ1) is 9.33. The number of nitrogens with one attached hydrogen (secondary N) is 1. The normalized spacial score (nSPS) is 30.6. The van der Waals surface area contributed by atoms with Crippen LogP contribution in [0.1, 0.15) is 58.3 Å². The van der Waals surface area contributed by atoms with Crippen molar-refractivity contribution in [1.29, 1.82) is 0 Å². The first-order valence-electron chi connectivity index (χ1n) is 8.41. The Balaban J connectivity index is 1.88. The smallest absolute Gasteiger partial charge is 0.0434 e. The fourth-order valence-corrected chi connectivity index (χ4v) is 3.87. The predicted octanol–water partition coefficient (Wildman–Crippen LogP) is 2.39. The van der Waals surface area contributed by atoms with Gasteiger partial charge in [-0.25, -0.2) is 0 Å². The topological polar surface area (TPSA) is 35.5 Å². The third-order valence-electron chi connectivity index (χ3n) is 4.88. The van der Waals surface area contributed by atoms with E-state index in [1.165, 1.54) is 58.0 Å². The zero-order valence-corrected chi connectivity index (χ0v) is 12.6. The molecule has 2 unspecified atom stereocenters. The van der Waals surface area contributed by atoms with Gasteiger partial charge in [0.15, 0.2) is 0 Å². The molecule has 3 nitrogen and oxygen atoms in total. The molecule has 0 spiro atoms. The number of aliphatic hydroxyl groups excluding tert-OH is 1. The quantitative estimate of drug-likeness (QED) is 0.776. The van der Waals surface area contributed by atoms with Crippen LogP contribution in [0, 0.1) is 5.92 Å². The number of nitrogens with zero attached hydrogens (tertiary/aromatic N) is 1. The third-order valence-corrected chi connectivity index (χ3v) is 4.88. The van der Waals surface area contributed by atoms with Gasteiger partial charge in [-0.15, -0.1) is 0 Å². The minimum Gasteiger partial charge on any atom is -0.396 e. The molecule has 2 aliphatic rings. The summed E-state index contributed by atoms with van der Waals surface area (Å²) >= 11 is 0. The molecular weight excluding hydrogens is 236 g/mol. The average Bonchev–Trinajstić information content (AvgIpc) is 2.46. The van der Waals surface area contributed by atoms with Gasteiger partial charge in [-0.05, 0) is 44.6 Å². The van der Waals surface area contributed by atoms with Crippen molar-refractivity contribution < 1.29 is 5.11 Å². The first-order valence-corrected chi connectivity index (χ1v) is 8.41. The van der Waals surface area contributed by atoms with Gasteiger partial charge in [0.1, 0.15) is 0 Å². The van der Waals surface area contributed by atoms with Crippen LogP contribution in [0.25, 0.3) is 0 Å². The average molecular weight is 268 g/mol. The standard InChI is InChI=1S/C16H32N2O/c1-2-9-17-15-11-14(8-10-19)12-18(13-15)16-6-4-3-5-7-16/h14-17,19H,2-13H2,1H3. The number of aliphatic hydroxyl groups is 1. The maximum atomic E-state index is 9.24. The molecule has 0 bridgehead atoms. The lowest BCUT2D eigenvalue weighted by atomic mass is 9.87. The molecule has 1 aliphatic heterocycles. The molecule has 1 heterocycles. The molecule has 112 valence electrons. The molecular formula is C16H32N2O. The molecule has 2 N–H and O–H groups in total. The summed E-state index contributed by atoms with van der Waals surface area (Å²) in [5.41, 5.74) is 0. The van der Waals surface area contributed by atoms with Crippen LogP contribution in [-0.2, 0) is 0 Å². The molecule has 2 fully saturated rings. The molecule has 0 aromatic heterocycles. The highest BCUT2D eigenvalue weighted by molar-refractivity contribution is 4.88. The van der Waals surface area contributed by atoms with Crippen molar-refractivity contribution in [2.75, 3.05) is 26.2 Å². The molecule has 1 saturated heterocycles. The van der Waals surface area contributed by atoms with Gasteiger partial charge in [-0.1, -0.05) is 26.2 Å². The van der Waals surface area contributed by atoms with E-state index in [4.69, 9.17) is 0 Å². The summed E-state index contributed by atoms with van der Waals surface area (Å²) in [5.74, 6) is 0.690. The van der Waals surface area contributed by atoms with Crippen LogP contribution in [0.5, 0.6) is 0 Å². The fraction of sp³-hybridized carbons (Fsp3) is 1.00. The maximum absolute atomic E-state index is 9.24. The number of hydrogen-bond donors (Lipinski definition) is 2. The van der Waals surface area contributed by atoms with Crippen LogP contribution in [0.3, 0.4) is 0 Å². The van der Waals surface area contributed by atoms with Gasteiger partial charge in [0.05, 0.1) is 0 Å². The molecule has 1 aliphatic carbocycles. The van der Waals surface area contributed by atoms with Gasteiger partial charge in [-0.3, -0.25) is 4.90 Å². The van der Waals surface area contributed by atoms with Crippen molar-refractivity contribution in [3.8, 4) is 0 Å². The van der Waals surface area contributed by atoms with Crippen molar-refractivity contribution in [2.24, 2.45) is 5.92 Å². The molecule has 3 heteroatoms. The number of likely N-dealkylation sites (tertiary alicyclic amines) is 1. The minimum atomic E-state index is 0.351. The molecule has 1 saturated carbocycles. The zero-order chi connectivity index (χ0) is 13.5. The summed E-state index contributed by atoms with van der Waals surface area (Å²) in [6.45, 7) is 6.17. The molecule has 19 heavy (non-hydrogen) atoms. The van der Waals surface area contributed by atoms with Crippen LogP contribution in [0.2, 0.25) is 0 Å². The van der Waals surface area contributed by atoms with E-state index in [0.29, 0.717) is 18.6 Å². The van der Waals surface area contributed by atoms with E-state index in [-0.39, 0.29) is 0 Å². The van der Waals surface area contributed by atoms with E-state index in [1.54, 1.807) is 0 Å². The minimum absolute atomic E-state index is 0.351. The van der Waals surface area contributed by atoms with Crippen molar-refractivity contribution >= 4 is 0 Å². The number of piperidine rings is 1. The molecule has 0 aromatic rings. The molecule has 2 atom stereocenters. The zero-order valence-electron chi connectivity index (χ0n) is 12.6. The van der Waals surface area contributed by atoms with E-state index in [2.05, 4.69) is 17.1 Å². The van der Waals surface area contributed by atoms with Gasteiger partial charge in [0.2, 0.25) is 0 Å². The summed E-state index contributed by atoms with van der Waals surface area (Å²) in [5, 5.41) is 12.9. The largest absolute Gasteiger partial charge is 0.396 e. The monoisotopic (exact) mass is 268 g/mol. The number of hydrogen-bond acceptors (Lipinski definition) is 3. The summed E-state index contributed by atoms with van der Waals surface area (Å²) in [6.07, 6.45) is 10.5. The second kappa shape index (κ2) is 8.23. The Morgan fingerprint density at radius 2 is 1.95 bits per heavy atom. The Hall–Kier alpha value is -0.120. The summed E-state index contributed by atoms with van der Waals surface area (Å²) in [6, 6.07) is 1.47. The highest BCUT2D eigenvalue weighted by Crippen LogP contribution is 2.28. The highest BCUT2D eigenvalue weighted by Gasteiger charge is 2.31. The Kier molecular flexibility index (Phi) is 6.62. The SMILES string of the molecule is CCCNC1CC(CCO)CN(C2CCCCC2)C1. The lowest BCUT2D eigenvalue weighted by molar-refractivity contribution is 0.0679. The lowest BCUT2D eigenvalue weighted by Gasteiger charge is -2.43. The van der Waals surface area contributed by atoms with Crippen molar-refractivity contribution in [1.82, 2.24) is 10.2 Å². The number of rotatable bonds is 6. The van der Waals surface area contributed by atoms with Gasteiger partial charge >= 0.3 is 0 Å². The van der Waals surface area contributed by atoms with Crippen molar-refractivity contribution in [3.63, 3.8) is 0 Å². The molecule has 0 aromatic carbocycles. The van der Waals surface area contributed by atoms with Gasteiger partial charge in [0.25, 0.3) is 0 Å². The Labute approximate surface area is 118 Å². The maximum Gasteiger partial charge on any atom is 0.0434 e. The second-order valence-corrected chi connectivity index (χ2v) is 6.51. The van der Waals surface area contributed by atoms with E-state index < -0.39 is 0 Å². The second-order valence-electron chi connectivity index (χ2n) is 6.51. The fourth-order valence-electron chi connectivity index (χ4n) is 3.87. The van der Waals surface area contributed by atoms with Crippen molar-refractivity contribution in [2.45, 2.75) is 70.4 Å². The molecule has 2 rings (SSSR count). The van der Waals surface area contributed by atoms with Crippen LogP contribution >= 0.6 is 0 Å². The predicted molar refractivity (Wildman–Crippen MR) is 80.3 cm³/mol. The van der Waals surface area contributed by atoms with Crippen LogP contribution in [0.15, 0.2) is 0 Å². The molecule has 0 radical (unpaired) electrons. The van der Waals surface area contributed by atoms with E-state index in [1.807, 2.05) is 0 Å². The Morgan fingerprint density at radius 1 is 1.16 bits per heavy atom. The van der Waals surface area contributed by atoms with Gasteiger partial charge in [-0.2, -0.15) is 0 Å². The van der Waals surface area contributed by atoms with Crippen LogP contribution < -0.4 is 5.32 Å². The van der Waals surface area contributed by atoms with E-state index in [0.717, 1.165) is 19.0 Å². The van der Waals surface area contributed by atoms with E-state index >= 15 is 0 Å². The molecule has 0 amide bonds.